The molecule has 1 aliphatic heterocycles. The lowest BCUT2D eigenvalue weighted by Gasteiger charge is -2.24. The Morgan fingerprint density at radius 1 is 1.40 bits per heavy atom. The summed E-state index contributed by atoms with van der Waals surface area (Å²) in [6.07, 6.45) is 2.94. The molecule has 0 aliphatic carbocycles. The summed E-state index contributed by atoms with van der Waals surface area (Å²) in [7, 11) is -3.88. The van der Waals surface area contributed by atoms with Crippen LogP contribution >= 0.6 is 0 Å². The molecule has 7 nitrogen and oxygen atoms in total. The number of cyclic esters (lactones) is 1. The quantitative estimate of drug-likeness (QED) is 0.828. The van der Waals surface area contributed by atoms with Crippen LogP contribution in [0.4, 0.5) is 10.5 Å². The van der Waals surface area contributed by atoms with Crippen LogP contribution in [0.1, 0.15) is 25.8 Å². The van der Waals surface area contributed by atoms with Gasteiger partial charge < -0.3 is 9.84 Å². The van der Waals surface area contributed by atoms with Gasteiger partial charge in [-0.15, -0.1) is 0 Å². The number of rotatable bonds is 6. The van der Waals surface area contributed by atoms with Gasteiger partial charge in [0.1, 0.15) is 6.10 Å². The Hall–Kier alpha value is -2.35. The molecule has 1 aromatic rings. The van der Waals surface area contributed by atoms with Crippen molar-refractivity contribution in [1.82, 2.24) is 0 Å². The van der Waals surface area contributed by atoms with Gasteiger partial charge in [-0.3, -0.25) is 9.69 Å². The van der Waals surface area contributed by atoms with E-state index >= 15 is 0 Å². The summed E-state index contributed by atoms with van der Waals surface area (Å²) in [5.41, 5.74) is 1.59. The van der Waals surface area contributed by atoms with E-state index in [2.05, 4.69) is 0 Å². The Labute approximate surface area is 146 Å². The van der Waals surface area contributed by atoms with E-state index in [4.69, 9.17) is 4.74 Å². The second-order valence-corrected chi connectivity index (χ2v) is 8.67. The lowest BCUT2D eigenvalue weighted by atomic mass is 10.0. The Kier molecular flexibility index (Phi) is 5.22. The highest BCUT2D eigenvalue weighted by Crippen LogP contribution is 2.30. The van der Waals surface area contributed by atoms with E-state index in [0.29, 0.717) is 5.69 Å². The molecule has 1 aromatic carbocycles. The van der Waals surface area contributed by atoms with Crippen LogP contribution in [-0.2, 0) is 19.4 Å². The maximum atomic E-state index is 12.1. The molecule has 2 unspecified atom stereocenters. The zero-order valence-corrected chi connectivity index (χ0v) is 15.1. The van der Waals surface area contributed by atoms with Crippen molar-refractivity contribution in [3.05, 3.63) is 35.9 Å². The van der Waals surface area contributed by atoms with Crippen molar-refractivity contribution in [2.24, 2.45) is 0 Å². The molecule has 2 rings (SSSR count). The Balaban J connectivity index is 2.18. The van der Waals surface area contributed by atoms with Crippen molar-refractivity contribution in [3.8, 4) is 0 Å². The number of carboxylic acid groups (broad SMARTS) is 1. The summed E-state index contributed by atoms with van der Waals surface area (Å²) in [4.78, 5) is 24.9. The summed E-state index contributed by atoms with van der Waals surface area (Å²) in [6.45, 7) is 3.13. The number of aliphatic carboxylic acids is 1. The number of hydrogen-bond donors (Lipinski definition) is 1. The van der Waals surface area contributed by atoms with Crippen molar-refractivity contribution in [1.29, 1.82) is 0 Å². The van der Waals surface area contributed by atoms with Crippen molar-refractivity contribution in [2.45, 2.75) is 31.1 Å². The van der Waals surface area contributed by atoms with Crippen LogP contribution in [-0.4, -0.2) is 49.2 Å². The third-order valence-corrected chi connectivity index (χ3v) is 6.30. The van der Waals surface area contributed by atoms with E-state index in [1.807, 2.05) is 31.2 Å². The summed E-state index contributed by atoms with van der Waals surface area (Å²) in [5.74, 6) is -1.46. The number of nitrogens with zero attached hydrogens (tertiary/aromatic N) is 1. The number of sulfone groups is 1. The van der Waals surface area contributed by atoms with E-state index in [9.17, 15) is 23.1 Å². The molecule has 0 bridgehead atoms. The van der Waals surface area contributed by atoms with Gasteiger partial charge in [0, 0.05) is 18.4 Å². The Morgan fingerprint density at radius 3 is 2.48 bits per heavy atom. The van der Waals surface area contributed by atoms with Gasteiger partial charge in [-0.25, -0.2) is 13.2 Å². The molecule has 1 amide bonds. The van der Waals surface area contributed by atoms with Crippen molar-refractivity contribution >= 4 is 33.7 Å². The number of anilines is 1. The molecule has 8 heteroatoms. The maximum absolute atomic E-state index is 12.1. The van der Waals surface area contributed by atoms with E-state index in [1.165, 1.54) is 4.90 Å². The normalized spacial score (nSPS) is 20.5. The minimum absolute atomic E-state index is 0.0974. The monoisotopic (exact) mass is 367 g/mol. The number of carbonyl (C=O) groups excluding carboxylic acids is 1. The number of amides is 1. The van der Waals surface area contributed by atoms with Gasteiger partial charge in [0.05, 0.1) is 6.54 Å². The van der Waals surface area contributed by atoms with Crippen LogP contribution in [0, 0.1) is 0 Å². The molecule has 136 valence electrons. The third-order valence-electron chi connectivity index (χ3n) is 4.33. The van der Waals surface area contributed by atoms with Crippen molar-refractivity contribution in [3.63, 3.8) is 0 Å². The van der Waals surface area contributed by atoms with E-state index in [-0.39, 0.29) is 13.0 Å². The molecular formula is C17H21NO6S. The predicted molar refractivity (Wildman–Crippen MR) is 94.3 cm³/mol. The van der Waals surface area contributed by atoms with Gasteiger partial charge in [0.15, 0.2) is 14.6 Å². The zero-order chi connectivity index (χ0) is 18.8. The first-order valence-electron chi connectivity index (χ1n) is 7.72. The first-order valence-corrected chi connectivity index (χ1v) is 9.61. The minimum Gasteiger partial charge on any atom is -0.480 e. The van der Waals surface area contributed by atoms with Crippen LogP contribution in [0.25, 0.3) is 6.08 Å². The molecule has 0 spiro atoms. The topological polar surface area (TPSA) is 101 Å². The number of ether oxygens (including phenoxy) is 1. The first kappa shape index (κ1) is 19.0. The van der Waals surface area contributed by atoms with Gasteiger partial charge in [-0.05, 0) is 31.5 Å². The molecule has 1 heterocycles. The summed E-state index contributed by atoms with van der Waals surface area (Å²) < 4.78 is 26.9. The van der Waals surface area contributed by atoms with Crippen LogP contribution in [0.5, 0.6) is 0 Å². The molecule has 0 radical (unpaired) electrons. The maximum Gasteiger partial charge on any atom is 0.414 e. The smallest absolute Gasteiger partial charge is 0.414 e. The predicted octanol–water partition coefficient (Wildman–Crippen LogP) is 2.32. The standard InChI is InChI=1S/C17H21NO6S/c1-4-5-12-6-8-13(9-7-12)18-11-14(24-16(18)21)10-17(2,15(19)20)25(3,22)23/h4-9,14H,10-11H2,1-3H3,(H,19,20). The second kappa shape index (κ2) is 6.87. The largest absolute Gasteiger partial charge is 0.480 e. The average Bonchev–Trinajstić information content (AvgIpc) is 2.87. The third kappa shape index (κ3) is 3.84. The zero-order valence-electron chi connectivity index (χ0n) is 14.3. The first-order chi connectivity index (χ1) is 11.6. The van der Waals surface area contributed by atoms with Gasteiger partial charge in [0.25, 0.3) is 0 Å². The highest BCUT2D eigenvalue weighted by Gasteiger charge is 2.48. The highest BCUT2D eigenvalue weighted by atomic mass is 32.2. The second-order valence-electron chi connectivity index (χ2n) is 6.22. The minimum atomic E-state index is -3.88. The molecule has 1 aliphatic rings. The van der Waals surface area contributed by atoms with E-state index in [1.54, 1.807) is 12.1 Å². The molecule has 0 aromatic heterocycles. The molecule has 1 fully saturated rings. The van der Waals surface area contributed by atoms with Gasteiger partial charge >= 0.3 is 12.1 Å². The van der Waals surface area contributed by atoms with Crippen LogP contribution in [0.15, 0.2) is 30.3 Å². The fraction of sp³-hybridized carbons (Fsp3) is 0.412. The van der Waals surface area contributed by atoms with Gasteiger partial charge in [0.2, 0.25) is 0 Å². The molecule has 25 heavy (non-hydrogen) atoms. The summed E-state index contributed by atoms with van der Waals surface area (Å²) in [6, 6.07) is 7.19. The highest BCUT2D eigenvalue weighted by molar-refractivity contribution is 7.92. The van der Waals surface area contributed by atoms with Crippen LogP contribution in [0.2, 0.25) is 0 Å². The number of carbonyl (C=O) groups is 2. The number of carboxylic acids is 1. The molecular weight excluding hydrogens is 346 g/mol. The van der Waals surface area contributed by atoms with Gasteiger partial charge in [-0.2, -0.15) is 0 Å². The summed E-state index contributed by atoms with van der Waals surface area (Å²) >= 11 is 0. The molecule has 2 atom stereocenters. The molecule has 1 N–H and O–H groups in total. The van der Waals surface area contributed by atoms with Crippen LogP contribution in [0.3, 0.4) is 0 Å². The SMILES string of the molecule is CC=Cc1ccc(N2CC(CC(C)(C(=O)O)S(C)(=O)=O)OC2=O)cc1. The molecule has 0 saturated carbocycles. The van der Waals surface area contributed by atoms with Crippen LogP contribution < -0.4 is 4.90 Å². The lowest BCUT2D eigenvalue weighted by molar-refractivity contribution is -0.140. The number of allylic oxidation sites excluding steroid dienone is 1. The summed E-state index contributed by atoms with van der Waals surface area (Å²) in [5, 5.41) is 9.32. The Bertz CT molecular complexity index is 799. The van der Waals surface area contributed by atoms with E-state index in [0.717, 1.165) is 18.7 Å². The fourth-order valence-corrected chi connectivity index (χ4v) is 3.43. The van der Waals surface area contributed by atoms with Crippen molar-refractivity contribution < 1.29 is 27.9 Å². The molecule has 1 saturated heterocycles. The number of hydrogen-bond acceptors (Lipinski definition) is 5. The average molecular weight is 367 g/mol. The number of benzene rings is 1. The van der Waals surface area contributed by atoms with E-state index < -0.39 is 32.8 Å². The lowest BCUT2D eigenvalue weighted by Crippen LogP contribution is -2.46. The Morgan fingerprint density at radius 2 is 2.00 bits per heavy atom. The van der Waals surface area contributed by atoms with Gasteiger partial charge in [-0.1, -0.05) is 24.3 Å². The fourth-order valence-electron chi connectivity index (χ4n) is 2.63. The van der Waals surface area contributed by atoms with Crippen molar-refractivity contribution in [2.75, 3.05) is 17.7 Å².